The van der Waals surface area contributed by atoms with Gasteiger partial charge in [0.25, 0.3) is 0 Å². The molecule has 0 aromatic rings. The SMILES string of the molecule is CCCCN1CC(C)CC(NCC(C)(C)C)C1. The van der Waals surface area contributed by atoms with Crippen LogP contribution in [0.2, 0.25) is 0 Å². The summed E-state index contributed by atoms with van der Waals surface area (Å²) in [4.78, 5) is 2.65. The monoisotopic (exact) mass is 240 g/mol. The lowest BCUT2D eigenvalue weighted by atomic mass is 9.92. The van der Waals surface area contributed by atoms with E-state index in [1.54, 1.807) is 0 Å². The van der Waals surface area contributed by atoms with Crippen LogP contribution in [0.5, 0.6) is 0 Å². The molecular weight excluding hydrogens is 208 g/mol. The largest absolute Gasteiger partial charge is 0.312 e. The fourth-order valence-electron chi connectivity index (χ4n) is 2.62. The topological polar surface area (TPSA) is 15.3 Å². The van der Waals surface area contributed by atoms with Crippen molar-refractivity contribution in [3.05, 3.63) is 0 Å². The molecule has 2 atom stereocenters. The zero-order chi connectivity index (χ0) is 12.9. The van der Waals surface area contributed by atoms with Crippen molar-refractivity contribution in [2.75, 3.05) is 26.2 Å². The molecule has 0 amide bonds. The van der Waals surface area contributed by atoms with Crippen LogP contribution >= 0.6 is 0 Å². The van der Waals surface area contributed by atoms with Gasteiger partial charge < -0.3 is 10.2 Å². The van der Waals surface area contributed by atoms with Gasteiger partial charge in [0.15, 0.2) is 0 Å². The van der Waals surface area contributed by atoms with Crippen molar-refractivity contribution >= 4 is 0 Å². The molecule has 1 heterocycles. The molecule has 1 fully saturated rings. The van der Waals surface area contributed by atoms with Gasteiger partial charge in [0.2, 0.25) is 0 Å². The Bertz CT molecular complexity index is 207. The van der Waals surface area contributed by atoms with Gasteiger partial charge in [-0.1, -0.05) is 41.0 Å². The molecule has 0 aromatic carbocycles. The van der Waals surface area contributed by atoms with Gasteiger partial charge >= 0.3 is 0 Å². The van der Waals surface area contributed by atoms with E-state index >= 15 is 0 Å². The van der Waals surface area contributed by atoms with E-state index < -0.39 is 0 Å². The smallest absolute Gasteiger partial charge is 0.0198 e. The van der Waals surface area contributed by atoms with Crippen molar-refractivity contribution in [3.63, 3.8) is 0 Å². The van der Waals surface area contributed by atoms with Crippen LogP contribution in [0.3, 0.4) is 0 Å². The first-order chi connectivity index (χ1) is 7.90. The summed E-state index contributed by atoms with van der Waals surface area (Å²) in [6.45, 7) is 16.6. The fraction of sp³-hybridized carbons (Fsp3) is 1.00. The van der Waals surface area contributed by atoms with Gasteiger partial charge in [-0.3, -0.25) is 0 Å². The molecule has 1 saturated heterocycles. The second kappa shape index (κ2) is 6.75. The van der Waals surface area contributed by atoms with Crippen LogP contribution in [0, 0.1) is 11.3 Å². The summed E-state index contributed by atoms with van der Waals surface area (Å²) >= 11 is 0. The maximum Gasteiger partial charge on any atom is 0.0198 e. The third-order valence-electron chi connectivity index (χ3n) is 3.48. The van der Waals surface area contributed by atoms with E-state index in [0.29, 0.717) is 11.5 Å². The predicted molar refractivity (Wildman–Crippen MR) is 76.4 cm³/mol. The highest BCUT2D eigenvalue weighted by molar-refractivity contribution is 4.83. The van der Waals surface area contributed by atoms with E-state index in [1.165, 1.54) is 38.9 Å². The zero-order valence-electron chi connectivity index (χ0n) is 12.6. The van der Waals surface area contributed by atoms with Gasteiger partial charge in [0.1, 0.15) is 0 Å². The Morgan fingerprint density at radius 1 is 1.24 bits per heavy atom. The molecule has 1 N–H and O–H groups in total. The second-order valence-electron chi connectivity index (χ2n) is 7.09. The molecule has 0 aromatic heterocycles. The van der Waals surface area contributed by atoms with Crippen LogP contribution in [0.25, 0.3) is 0 Å². The molecule has 0 bridgehead atoms. The summed E-state index contributed by atoms with van der Waals surface area (Å²) in [5.74, 6) is 0.845. The van der Waals surface area contributed by atoms with Crippen molar-refractivity contribution in [3.8, 4) is 0 Å². The average molecular weight is 240 g/mol. The van der Waals surface area contributed by atoms with Gasteiger partial charge in [0.05, 0.1) is 0 Å². The minimum absolute atomic E-state index is 0.398. The van der Waals surface area contributed by atoms with E-state index in [1.807, 2.05) is 0 Å². The standard InChI is InChI=1S/C15H32N2/c1-6-7-8-17-10-13(2)9-14(11-17)16-12-15(3,4)5/h13-14,16H,6-12H2,1-5H3. The first-order valence-electron chi connectivity index (χ1n) is 7.36. The van der Waals surface area contributed by atoms with Crippen LogP contribution in [0.15, 0.2) is 0 Å². The molecule has 0 aliphatic carbocycles. The van der Waals surface area contributed by atoms with Crippen molar-refractivity contribution in [2.24, 2.45) is 11.3 Å². The Morgan fingerprint density at radius 2 is 1.94 bits per heavy atom. The maximum absolute atomic E-state index is 3.76. The van der Waals surface area contributed by atoms with Crippen molar-refractivity contribution in [1.82, 2.24) is 10.2 Å². The number of nitrogens with one attached hydrogen (secondary N) is 1. The molecule has 0 saturated carbocycles. The van der Waals surface area contributed by atoms with E-state index in [2.05, 4.69) is 44.8 Å². The van der Waals surface area contributed by atoms with E-state index in [-0.39, 0.29) is 0 Å². The van der Waals surface area contributed by atoms with Crippen LogP contribution in [0.4, 0.5) is 0 Å². The lowest BCUT2D eigenvalue weighted by molar-refractivity contribution is 0.141. The number of nitrogens with zero attached hydrogens (tertiary/aromatic N) is 1. The molecule has 102 valence electrons. The van der Waals surface area contributed by atoms with Crippen LogP contribution in [-0.2, 0) is 0 Å². The van der Waals surface area contributed by atoms with Crippen LogP contribution < -0.4 is 5.32 Å². The maximum atomic E-state index is 3.76. The van der Waals surface area contributed by atoms with E-state index in [4.69, 9.17) is 0 Å². The minimum atomic E-state index is 0.398. The molecule has 1 aliphatic heterocycles. The molecule has 17 heavy (non-hydrogen) atoms. The summed E-state index contributed by atoms with van der Waals surface area (Å²) in [7, 11) is 0. The third kappa shape index (κ3) is 6.42. The number of hydrogen-bond donors (Lipinski definition) is 1. The van der Waals surface area contributed by atoms with Crippen molar-refractivity contribution in [1.29, 1.82) is 0 Å². The summed E-state index contributed by atoms with van der Waals surface area (Å²) in [5, 5.41) is 3.76. The fourth-order valence-corrected chi connectivity index (χ4v) is 2.62. The quantitative estimate of drug-likeness (QED) is 0.794. The van der Waals surface area contributed by atoms with Gasteiger partial charge in [-0.25, -0.2) is 0 Å². The van der Waals surface area contributed by atoms with Gasteiger partial charge in [-0.15, -0.1) is 0 Å². The van der Waals surface area contributed by atoms with Gasteiger partial charge in [0, 0.05) is 25.7 Å². The minimum Gasteiger partial charge on any atom is -0.312 e. The Morgan fingerprint density at radius 3 is 2.53 bits per heavy atom. The lowest BCUT2D eigenvalue weighted by Crippen LogP contribution is -2.50. The molecule has 0 radical (unpaired) electrons. The predicted octanol–water partition coefficient (Wildman–Crippen LogP) is 3.13. The highest BCUT2D eigenvalue weighted by Gasteiger charge is 2.24. The summed E-state index contributed by atoms with van der Waals surface area (Å²) in [6.07, 6.45) is 4.00. The van der Waals surface area contributed by atoms with Crippen LogP contribution in [0.1, 0.15) is 53.9 Å². The van der Waals surface area contributed by atoms with Crippen molar-refractivity contribution < 1.29 is 0 Å². The third-order valence-corrected chi connectivity index (χ3v) is 3.48. The van der Waals surface area contributed by atoms with Crippen molar-refractivity contribution in [2.45, 2.75) is 59.9 Å². The Labute approximate surface area is 108 Å². The number of unbranched alkanes of at least 4 members (excludes halogenated alkanes) is 1. The van der Waals surface area contributed by atoms with Gasteiger partial charge in [-0.2, -0.15) is 0 Å². The highest BCUT2D eigenvalue weighted by atomic mass is 15.2. The normalized spacial score (nSPS) is 27.4. The average Bonchev–Trinajstić information content (AvgIpc) is 2.22. The molecule has 2 heteroatoms. The van der Waals surface area contributed by atoms with E-state index in [9.17, 15) is 0 Å². The summed E-state index contributed by atoms with van der Waals surface area (Å²) < 4.78 is 0. The first-order valence-corrected chi connectivity index (χ1v) is 7.36. The Hall–Kier alpha value is -0.0800. The molecule has 1 aliphatic rings. The van der Waals surface area contributed by atoms with E-state index in [0.717, 1.165) is 12.5 Å². The van der Waals surface area contributed by atoms with Crippen LogP contribution in [-0.4, -0.2) is 37.1 Å². The zero-order valence-corrected chi connectivity index (χ0v) is 12.6. The highest BCUT2D eigenvalue weighted by Crippen LogP contribution is 2.18. The molecule has 0 spiro atoms. The molecule has 1 rings (SSSR count). The lowest BCUT2D eigenvalue weighted by Gasteiger charge is -2.38. The summed E-state index contributed by atoms with van der Waals surface area (Å²) in [6, 6.07) is 0.704. The molecular formula is C15H32N2. The first kappa shape index (κ1) is 15.0. The number of rotatable bonds is 5. The number of piperidine rings is 1. The Balaban J connectivity index is 2.34. The number of likely N-dealkylation sites (tertiary alicyclic amines) is 1. The summed E-state index contributed by atoms with van der Waals surface area (Å²) in [5.41, 5.74) is 0.398. The Kier molecular flexibility index (Phi) is 5.94. The van der Waals surface area contributed by atoms with Gasteiger partial charge in [-0.05, 0) is 30.7 Å². The molecule has 2 unspecified atom stereocenters. The number of hydrogen-bond acceptors (Lipinski definition) is 2. The second-order valence-corrected chi connectivity index (χ2v) is 7.09. The molecule has 2 nitrogen and oxygen atoms in total.